The first-order valence-corrected chi connectivity index (χ1v) is 6.54. The molecule has 0 aromatic carbocycles. The van der Waals surface area contributed by atoms with Gasteiger partial charge in [-0.1, -0.05) is 0 Å². The molecule has 0 aromatic rings. The summed E-state index contributed by atoms with van der Waals surface area (Å²) in [6.07, 6.45) is 9.84. The van der Waals surface area contributed by atoms with Gasteiger partial charge in [0.25, 0.3) is 0 Å². The molecule has 1 heterocycles. The van der Waals surface area contributed by atoms with Crippen LogP contribution in [0.5, 0.6) is 0 Å². The first kappa shape index (κ1) is 10.1. The number of hydrogen-bond acceptors (Lipinski definition) is 2. The van der Waals surface area contributed by atoms with Crippen LogP contribution in [0.25, 0.3) is 0 Å². The number of nitrogens with two attached hydrogens (primary N) is 1. The highest BCUT2D eigenvalue weighted by molar-refractivity contribution is 5.04. The largest absolute Gasteiger partial charge is 0.381 e. The van der Waals surface area contributed by atoms with Crippen molar-refractivity contribution in [3.63, 3.8) is 0 Å². The average Bonchev–Trinajstić information content (AvgIpc) is 2.97. The highest BCUT2D eigenvalue weighted by Crippen LogP contribution is 2.64. The van der Waals surface area contributed by atoms with E-state index in [2.05, 4.69) is 0 Å². The Morgan fingerprint density at radius 1 is 1.00 bits per heavy atom. The lowest BCUT2D eigenvalue weighted by Crippen LogP contribution is -2.40. The van der Waals surface area contributed by atoms with Crippen LogP contribution in [0.4, 0.5) is 0 Å². The maximum absolute atomic E-state index is 5.91. The zero-order chi connectivity index (χ0) is 10.4. The van der Waals surface area contributed by atoms with Gasteiger partial charge in [0.1, 0.15) is 0 Å². The zero-order valence-corrected chi connectivity index (χ0v) is 9.63. The molecule has 0 radical (unpaired) electrons. The molecule has 3 rings (SSSR count). The quantitative estimate of drug-likeness (QED) is 0.719. The van der Waals surface area contributed by atoms with Gasteiger partial charge in [0.15, 0.2) is 0 Å². The Morgan fingerprint density at radius 2 is 1.60 bits per heavy atom. The second-order valence-corrected chi connectivity index (χ2v) is 6.30. The summed E-state index contributed by atoms with van der Waals surface area (Å²) in [6, 6.07) is 0. The normalized spacial score (nSPS) is 37.0. The van der Waals surface area contributed by atoms with E-state index in [1.165, 1.54) is 44.9 Å². The first-order valence-electron chi connectivity index (χ1n) is 6.54. The summed E-state index contributed by atoms with van der Waals surface area (Å²) in [5, 5.41) is 0. The van der Waals surface area contributed by atoms with E-state index in [0.717, 1.165) is 31.1 Å². The molecule has 1 unspecified atom stereocenters. The van der Waals surface area contributed by atoms with Crippen molar-refractivity contribution >= 4 is 0 Å². The molecule has 2 nitrogen and oxygen atoms in total. The van der Waals surface area contributed by atoms with Gasteiger partial charge in [-0.2, -0.15) is 0 Å². The molecule has 2 aliphatic carbocycles. The molecule has 86 valence electrons. The van der Waals surface area contributed by atoms with Gasteiger partial charge in [0.05, 0.1) is 0 Å². The molecule has 15 heavy (non-hydrogen) atoms. The third-order valence-electron chi connectivity index (χ3n) is 5.04. The van der Waals surface area contributed by atoms with Crippen molar-refractivity contribution in [3.05, 3.63) is 0 Å². The monoisotopic (exact) mass is 209 g/mol. The van der Waals surface area contributed by atoms with E-state index in [9.17, 15) is 0 Å². The molecule has 0 bridgehead atoms. The predicted molar refractivity (Wildman–Crippen MR) is 60.5 cm³/mol. The van der Waals surface area contributed by atoms with Gasteiger partial charge >= 0.3 is 0 Å². The molecule has 2 heteroatoms. The van der Waals surface area contributed by atoms with Gasteiger partial charge in [0, 0.05) is 13.2 Å². The van der Waals surface area contributed by atoms with Crippen LogP contribution in [0.1, 0.15) is 44.9 Å². The van der Waals surface area contributed by atoms with Crippen LogP contribution >= 0.6 is 0 Å². The molecular weight excluding hydrogens is 186 g/mol. The summed E-state index contributed by atoms with van der Waals surface area (Å²) in [7, 11) is 0. The van der Waals surface area contributed by atoms with E-state index < -0.39 is 0 Å². The Morgan fingerprint density at radius 3 is 2.13 bits per heavy atom. The molecule has 2 spiro atoms. The molecule has 3 aliphatic rings. The fraction of sp³-hybridized carbons (Fsp3) is 1.00. The average molecular weight is 209 g/mol. The van der Waals surface area contributed by atoms with E-state index in [1.807, 2.05) is 0 Å². The van der Waals surface area contributed by atoms with E-state index in [4.69, 9.17) is 10.5 Å². The van der Waals surface area contributed by atoms with Crippen LogP contribution < -0.4 is 5.73 Å². The fourth-order valence-electron chi connectivity index (χ4n) is 4.15. The molecule has 2 saturated carbocycles. The van der Waals surface area contributed by atoms with Crippen molar-refractivity contribution in [2.75, 3.05) is 19.8 Å². The Kier molecular flexibility index (Phi) is 2.33. The van der Waals surface area contributed by atoms with Crippen molar-refractivity contribution in [2.45, 2.75) is 44.9 Å². The van der Waals surface area contributed by atoms with Crippen LogP contribution in [0.15, 0.2) is 0 Å². The number of rotatable bonds is 1. The summed E-state index contributed by atoms with van der Waals surface area (Å²) in [4.78, 5) is 0. The Labute approximate surface area is 92.6 Å². The minimum Gasteiger partial charge on any atom is -0.381 e. The molecule has 0 amide bonds. The van der Waals surface area contributed by atoms with Crippen LogP contribution in [0.3, 0.4) is 0 Å². The maximum Gasteiger partial charge on any atom is 0.0471 e. The molecule has 1 aliphatic heterocycles. The second kappa shape index (κ2) is 3.46. The van der Waals surface area contributed by atoms with Crippen LogP contribution in [0, 0.1) is 16.7 Å². The first-order chi connectivity index (χ1) is 7.26. The number of ether oxygens (including phenoxy) is 1. The second-order valence-electron chi connectivity index (χ2n) is 6.30. The summed E-state index contributed by atoms with van der Waals surface area (Å²) < 4.78 is 5.52. The van der Waals surface area contributed by atoms with Crippen LogP contribution in [-0.2, 0) is 4.74 Å². The van der Waals surface area contributed by atoms with Gasteiger partial charge in [-0.3, -0.25) is 0 Å². The molecule has 3 fully saturated rings. The van der Waals surface area contributed by atoms with E-state index in [-0.39, 0.29) is 0 Å². The lowest BCUT2D eigenvalue weighted by molar-refractivity contribution is -0.0359. The van der Waals surface area contributed by atoms with Crippen molar-refractivity contribution in [3.8, 4) is 0 Å². The predicted octanol–water partition coefficient (Wildman–Crippen LogP) is 2.32. The molecule has 0 aromatic heterocycles. The summed E-state index contributed by atoms with van der Waals surface area (Å²) in [5.74, 6) is 0.805. The van der Waals surface area contributed by atoms with Gasteiger partial charge in [-0.15, -0.1) is 0 Å². The molecule has 2 N–H and O–H groups in total. The van der Waals surface area contributed by atoms with E-state index in [0.29, 0.717) is 5.41 Å². The summed E-state index contributed by atoms with van der Waals surface area (Å²) >= 11 is 0. The third kappa shape index (κ3) is 1.83. The van der Waals surface area contributed by atoms with Crippen molar-refractivity contribution < 1.29 is 4.74 Å². The van der Waals surface area contributed by atoms with Crippen LogP contribution in [-0.4, -0.2) is 19.8 Å². The highest BCUT2D eigenvalue weighted by Gasteiger charge is 2.53. The smallest absolute Gasteiger partial charge is 0.0471 e. The standard InChI is InChI=1S/C13H23NO/c14-9-11-7-12(1-2-12)10-13(8-11)3-5-15-6-4-13/h11H,1-10,14H2. The van der Waals surface area contributed by atoms with Gasteiger partial charge in [-0.25, -0.2) is 0 Å². The Hall–Kier alpha value is -0.0800. The topological polar surface area (TPSA) is 35.2 Å². The van der Waals surface area contributed by atoms with E-state index >= 15 is 0 Å². The van der Waals surface area contributed by atoms with Crippen molar-refractivity contribution in [2.24, 2.45) is 22.5 Å². The van der Waals surface area contributed by atoms with Crippen molar-refractivity contribution in [1.82, 2.24) is 0 Å². The maximum atomic E-state index is 5.91. The Balaban J connectivity index is 1.76. The summed E-state index contributed by atoms with van der Waals surface area (Å²) in [5.41, 5.74) is 7.27. The lowest BCUT2D eigenvalue weighted by atomic mass is 9.60. The minimum absolute atomic E-state index is 0.622. The fourth-order valence-corrected chi connectivity index (χ4v) is 4.15. The van der Waals surface area contributed by atoms with E-state index in [1.54, 1.807) is 0 Å². The van der Waals surface area contributed by atoms with Crippen LogP contribution in [0.2, 0.25) is 0 Å². The van der Waals surface area contributed by atoms with Gasteiger partial charge < -0.3 is 10.5 Å². The SMILES string of the molecule is NCC1CC2(CCOCC2)CC2(CC2)C1. The number of hydrogen-bond donors (Lipinski definition) is 1. The Bertz CT molecular complexity index is 241. The minimum atomic E-state index is 0.622. The summed E-state index contributed by atoms with van der Waals surface area (Å²) in [6.45, 7) is 2.89. The third-order valence-corrected chi connectivity index (χ3v) is 5.04. The van der Waals surface area contributed by atoms with Gasteiger partial charge in [0.2, 0.25) is 0 Å². The lowest BCUT2D eigenvalue weighted by Gasteiger charge is -2.47. The van der Waals surface area contributed by atoms with Gasteiger partial charge in [-0.05, 0) is 68.2 Å². The molecule has 1 atom stereocenters. The zero-order valence-electron chi connectivity index (χ0n) is 9.63. The highest BCUT2D eigenvalue weighted by atomic mass is 16.5. The molecule has 1 saturated heterocycles. The van der Waals surface area contributed by atoms with Crippen molar-refractivity contribution in [1.29, 1.82) is 0 Å². The molecular formula is C13H23NO.